The van der Waals surface area contributed by atoms with E-state index in [1.54, 1.807) is 0 Å². The van der Waals surface area contributed by atoms with Crippen LogP contribution in [0.3, 0.4) is 0 Å². The fourth-order valence-electron chi connectivity index (χ4n) is 0.570. The Morgan fingerprint density at radius 3 is 2.33 bits per heavy atom. The van der Waals surface area contributed by atoms with Gasteiger partial charge in [-0.05, 0) is 12.5 Å². The van der Waals surface area contributed by atoms with Gasteiger partial charge in [0, 0.05) is 6.08 Å². The number of nitrogens with two attached hydrogens (primary N) is 1. The van der Waals surface area contributed by atoms with Crippen LogP contribution in [0.4, 0.5) is 0 Å². The van der Waals surface area contributed by atoms with E-state index in [9.17, 15) is 9.59 Å². The van der Waals surface area contributed by atoms with Crippen molar-refractivity contribution < 1.29 is 14.3 Å². The predicted molar refractivity (Wildman–Crippen MR) is 60.1 cm³/mol. The van der Waals surface area contributed by atoms with Crippen LogP contribution in [0.5, 0.6) is 0 Å². The van der Waals surface area contributed by atoms with Crippen LogP contribution in [0.1, 0.15) is 26.2 Å². The Hall–Kier alpha value is -1.58. The van der Waals surface area contributed by atoms with Crippen LogP contribution in [0.15, 0.2) is 24.8 Å². The molecule has 0 aromatic heterocycles. The maximum atomic E-state index is 10.5. The first-order chi connectivity index (χ1) is 7.08. The molecular formula is C11H19NO3. The molecular weight excluding hydrogens is 194 g/mol. The normalized spacial score (nSPS) is 8.93. The molecule has 4 nitrogen and oxygen atoms in total. The Kier molecular flexibility index (Phi) is 13.1. The Bertz CT molecular complexity index is 222. The highest BCUT2D eigenvalue weighted by atomic mass is 16.5. The SMILES string of the molecule is C=CC(N)=O.CCCCC=CC(=O)OC. The third-order valence-electron chi connectivity index (χ3n) is 1.38. The summed E-state index contributed by atoms with van der Waals surface area (Å²) in [6, 6.07) is 0. The molecule has 0 saturated carbocycles. The second kappa shape index (κ2) is 12.4. The lowest BCUT2D eigenvalue weighted by molar-refractivity contribution is -0.134. The van der Waals surface area contributed by atoms with E-state index in [0.717, 1.165) is 25.3 Å². The average molecular weight is 213 g/mol. The number of primary amides is 1. The third-order valence-corrected chi connectivity index (χ3v) is 1.38. The van der Waals surface area contributed by atoms with Crippen LogP contribution in [-0.2, 0) is 14.3 Å². The summed E-state index contributed by atoms with van der Waals surface area (Å²) in [4.78, 5) is 19.9. The Labute approximate surface area is 90.8 Å². The van der Waals surface area contributed by atoms with Gasteiger partial charge < -0.3 is 10.5 Å². The molecule has 0 aromatic carbocycles. The van der Waals surface area contributed by atoms with Crippen LogP contribution in [0.25, 0.3) is 0 Å². The molecule has 0 aliphatic heterocycles. The smallest absolute Gasteiger partial charge is 0.330 e. The molecule has 1 amide bonds. The summed E-state index contributed by atoms with van der Waals surface area (Å²) in [6.45, 7) is 5.20. The van der Waals surface area contributed by atoms with E-state index in [1.165, 1.54) is 13.2 Å². The van der Waals surface area contributed by atoms with Crippen LogP contribution >= 0.6 is 0 Å². The number of methoxy groups -OCH3 is 1. The van der Waals surface area contributed by atoms with Crippen molar-refractivity contribution in [3.05, 3.63) is 24.8 Å². The number of hydrogen-bond donors (Lipinski definition) is 1. The summed E-state index contributed by atoms with van der Waals surface area (Å²) in [6.07, 6.45) is 7.62. The first-order valence-corrected chi connectivity index (χ1v) is 4.74. The second-order valence-electron chi connectivity index (χ2n) is 2.67. The number of ether oxygens (including phenoxy) is 1. The zero-order valence-corrected chi connectivity index (χ0v) is 9.36. The van der Waals surface area contributed by atoms with E-state index >= 15 is 0 Å². The predicted octanol–water partition coefficient (Wildman–Crippen LogP) is 1.56. The van der Waals surface area contributed by atoms with Gasteiger partial charge in [-0.2, -0.15) is 0 Å². The van der Waals surface area contributed by atoms with Gasteiger partial charge in [-0.25, -0.2) is 4.79 Å². The van der Waals surface area contributed by atoms with Gasteiger partial charge in [0.05, 0.1) is 7.11 Å². The zero-order chi connectivity index (χ0) is 12.1. The van der Waals surface area contributed by atoms with Gasteiger partial charge in [0.1, 0.15) is 0 Å². The average Bonchev–Trinajstić information content (AvgIpc) is 2.24. The van der Waals surface area contributed by atoms with E-state index in [0.29, 0.717) is 0 Å². The first-order valence-electron chi connectivity index (χ1n) is 4.74. The molecule has 0 bridgehead atoms. The van der Waals surface area contributed by atoms with Crippen molar-refractivity contribution in [2.24, 2.45) is 5.73 Å². The molecule has 0 aromatic rings. The van der Waals surface area contributed by atoms with Gasteiger partial charge in [0.2, 0.25) is 5.91 Å². The van der Waals surface area contributed by atoms with Crippen LogP contribution in [0.2, 0.25) is 0 Å². The Balaban J connectivity index is 0. The molecule has 15 heavy (non-hydrogen) atoms. The van der Waals surface area contributed by atoms with Gasteiger partial charge >= 0.3 is 5.97 Å². The zero-order valence-electron chi connectivity index (χ0n) is 9.36. The minimum atomic E-state index is -0.481. The molecule has 0 aliphatic carbocycles. The minimum Gasteiger partial charge on any atom is -0.466 e. The van der Waals surface area contributed by atoms with E-state index in [4.69, 9.17) is 0 Å². The number of amides is 1. The summed E-state index contributed by atoms with van der Waals surface area (Å²) in [5.41, 5.74) is 4.53. The molecule has 0 aliphatic rings. The van der Waals surface area contributed by atoms with E-state index in [-0.39, 0.29) is 5.97 Å². The summed E-state index contributed by atoms with van der Waals surface area (Å²) in [7, 11) is 1.38. The van der Waals surface area contributed by atoms with Crippen LogP contribution < -0.4 is 5.73 Å². The first kappa shape index (κ1) is 15.9. The van der Waals surface area contributed by atoms with Gasteiger partial charge in [-0.15, -0.1) is 0 Å². The lowest BCUT2D eigenvalue weighted by Gasteiger charge is -1.89. The van der Waals surface area contributed by atoms with Crippen LogP contribution in [0, 0.1) is 0 Å². The lowest BCUT2D eigenvalue weighted by atomic mass is 10.2. The number of carbonyl (C=O) groups is 2. The fourth-order valence-corrected chi connectivity index (χ4v) is 0.570. The van der Waals surface area contributed by atoms with Crippen LogP contribution in [-0.4, -0.2) is 19.0 Å². The molecule has 0 fully saturated rings. The molecule has 86 valence electrons. The number of rotatable bonds is 5. The fraction of sp³-hybridized carbons (Fsp3) is 0.455. The van der Waals surface area contributed by atoms with E-state index in [1.807, 2.05) is 6.08 Å². The highest BCUT2D eigenvalue weighted by Crippen LogP contribution is 1.94. The molecule has 0 rings (SSSR count). The monoisotopic (exact) mass is 213 g/mol. The molecule has 2 N–H and O–H groups in total. The van der Waals surface area contributed by atoms with Crippen molar-refractivity contribution in [3.63, 3.8) is 0 Å². The summed E-state index contributed by atoms with van der Waals surface area (Å²) in [5, 5.41) is 0. The van der Waals surface area contributed by atoms with Crippen molar-refractivity contribution in [2.75, 3.05) is 7.11 Å². The number of unbranched alkanes of at least 4 members (excludes halogenated alkanes) is 2. The number of esters is 1. The molecule has 0 unspecified atom stereocenters. The summed E-state index contributed by atoms with van der Waals surface area (Å²) >= 11 is 0. The van der Waals surface area contributed by atoms with Crippen molar-refractivity contribution in [3.8, 4) is 0 Å². The molecule has 0 spiro atoms. The van der Waals surface area contributed by atoms with Crippen molar-refractivity contribution in [2.45, 2.75) is 26.2 Å². The lowest BCUT2D eigenvalue weighted by Crippen LogP contribution is -2.04. The van der Waals surface area contributed by atoms with E-state index < -0.39 is 5.91 Å². The highest BCUT2D eigenvalue weighted by molar-refractivity contribution is 5.85. The third kappa shape index (κ3) is 19.0. The number of allylic oxidation sites excluding steroid dienone is 1. The highest BCUT2D eigenvalue weighted by Gasteiger charge is 1.87. The molecule has 0 saturated heterocycles. The van der Waals surface area contributed by atoms with Crippen molar-refractivity contribution in [1.29, 1.82) is 0 Å². The largest absolute Gasteiger partial charge is 0.466 e. The standard InChI is InChI=1S/C8H14O2.C3H5NO/c1-3-4-5-6-7-8(9)10-2;1-2-3(4)5/h6-7H,3-5H2,1-2H3;2H,1H2,(H2,4,5). The second-order valence-corrected chi connectivity index (χ2v) is 2.67. The number of hydrogen-bond acceptors (Lipinski definition) is 3. The Morgan fingerprint density at radius 2 is 2.00 bits per heavy atom. The molecule has 4 heteroatoms. The maximum absolute atomic E-state index is 10.5. The van der Waals surface area contributed by atoms with Gasteiger partial charge in [0.25, 0.3) is 0 Å². The topological polar surface area (TPSA) is 69.4 Å². The van der Waals surface area contributed by atoms with Crippen molar-refractivity contribution in [1.82, 2.24) is 0 Å². The van der Waals surface area contributed by atoms with Gasteiger partial charge in [-0.1, -0.05) is 32.4 Å². The van der Waals surface area contributed by atoms with Gasteiger partial charge in [0.15, 0.2) is 0 Å². The minimum absolute atomic E-state index is 0.267. The summed E-state index contributed by atoms with van der Waals surface area (Å²) in [5.74, 6) is -0.749. The Morgan fingerprint density at radius 1 is 1.47 bits per heavy atom. The van der Waals surface area contributed by atoms with Gasteiger partial charge in [-0.3, -0.25) is 4.79 Å². The number of carbonyl (C=O) groups excluding carboxylic acids is 2. The summed E-state index contributed by atoms with van der Waals surface area (Å²) < 4.78 is 4.40. The van der Waals surface area contributed by atoms with E-state index in [2.05, 4.69) is 24.0 Å². The maximum Gasteiger partial charge on any atom is 0.330 e. The molecule has 0 radical (unpaired) electrons. The molecule has 0 atom stereocenters. The van der Waals surface area contributed by atoms with Crippen molar-refractivity contribution >= 4 is 11.9 Å². The molecule has 0 heterocycles. The quantitative estimate of drug-likeness (QED) is 0.428.